The Balaban J connectivity index is 1.56. The lowest BCUT2D eigenvalue weighted by atomic mass is 10.2. The van der Waals surface area contributed by atoms with Gasteiger partial charge in [-0.25, -0.2) is 9.07 Å². The van der Waals surface area contributed by atoms with Gasteiger partial charge in [0.25, 0.3) is 0 Å². The van der Waals surface area contributed by atoms with E-state index in [-0.39, 0.29) is 11.7 Å². The third kappa shape index (κ3) is 4.16. The van der Waals surface area contributed by atoms with E-state index in [1.165, 1.54) is 18.2 Å². The van der Waals surface area contributed by atoms with E-state index in [2.05, 4.69) is 10.4 Å². The van der Waals surface area contributed by atoms with E-state index in [0.29, 0.717) is 6.54 Å². The first-order valence-electron chi connectivity index (χ1n) is 7.51. The van der Waals surface area contributed by atoms with Gasteiger partial charge in [0.1, 0.15) is 5.82 Å². The maximum absolute atomic E-state index is 12.8. The summed E-state index contributed by atoms with van der Waals surface area (Å²) in [6.45, 7) is 0.354. The predicted octanol–water partition coefficient (Wildman–Crippen LogP) is 3.34. The molecule has 1 N–H and O–H groups in total. The summed E-state index contributed by atoms with van der Waals surface area (Å²) in [5.41, 5.74) is 2.63. The minimum Gasteiger partial charge on any atom is -0.348 e. The fourth-order valence-electron chi connectivity index (χ4n) is 2.17. The fraction of sp³-hybridized carbons (Fsp3) is 0.0526. The molecule has 0 saturated heterocycles. The first-order chi connectivity index (χ1) is 11.7. The van der Waals surface area contributed by atoms with Crippen LogP contribution in [0.25, 0.3) is 11.8 Å². The van der Waals surface area contributed by atoms with Crippen LogP contribution in [0.3, 0.4) is 0 Å². The molecule has 2 aromatic carbocycles. The van der Waals surface area contributed by atoms with Crippen molar-refractivity contribution in [1.29, 1.82) is 0 Å². The van der Waals surface area contributed by atoms with Crippen LogP contribution in [0, 0.1) is 5.82 Å². The maximum atomic E-state index is 12.8. The number of aromatic nitrogens is 2. The molecule has 1 aromatic heterocycles. The Labute approximate surface area is 139 Å². The minimum absolute atomic E-state index is 0.216. The van der Waals surface area contributed by atoms with Gasteiger partial charge in [-0.2, -0.15) is 5.10 Å². The maximum Gasteiger partial charge on any atom is 0.244 e. The average Bonchev–Trinajstić information content (AvgIpc) is 3.09. The molecule has 0 radical (unpaired) electrons. The van der Waals surface area contributed by atoms with Gasteiger partial charge in [-0.05, 0) is 35.9 Å². The number of carbonyl (C=O) groups excluding carboxylic acids is 1. The Hall–Kier alpha value is -3.21. The summed E-state index contributed by atoms with van der Waals surface area (Å²) in [4.78, 5) is 11.8. The van der Waals surface area contributed by atoms with Crippen LogP contribution in [0.2, 0.25) is 0 Å². The molecule has 0 aliphatic heterocycles. The molecule has 0 saturated carbocycles. The molecule has 0 aliphatic rings. The highest BCUT2D eigenvalue weighted by Gasteiger charge is 2.00. The molecule has 3 aromatic rings. The zero-order valence-electron chi connectivity index (χ0n) is 12.9. The van der Waals surface area contributed by atoms with Gasteiger partial charge < -0.3 is 5.32 Å². The van der Waals surface area contributed by atoms with Crippen molar-refractivity contribution in [3.63, 3.8) is 0 Å². The van der Waals surface area contributed by atoms with Crippen molar-refractivity contribution in [2.45, 2.75) is 6.54 Å². The van der Waals surface area contributed by atoms with E-state index < -0.39 is 0 Å². The van der Waals surface area contributed by atoms with Gasteiger partial charge in [-0.1, -0.05) is 30.3 Å². The summed E-state index contributed by atoms with van der Waals surface area (Å²) >= 11 is 0. The van der Waals surface area contributed by atoms with Gasteiger partial charge in [0, 0.05) is 24.4 Å². The number of nitrogens with one attached hydrogen (secondary N) is 1. The van der Waals surface area contributed by atoms with Gasteiger partial charge in [0.15, 0.2) is 0 Å². The van der Waals surface area contributed by atoms with Crippen molar-refractivity contribution < 1.29 is 9.18 Å². The van der Waals surface area contributed by atoms with Crippen LogP contribution in [-0.2, 0) is 11.3 Å². The van der Waals surface area contributed by atoms with Crippen molar-refractivity contribution in [3.8, 4) is 5.69 Å². The summed E-state index contributed by atoms with van der Waals surface area (Å²) < 4.78 is 14.6. The Morgan fingerprint density at radius 2 is 1.88 bits per heavy atom. The Morgan fingerprint density at radius 3 is 2.62 bits per heavy atom. The van der Waals surface area contributed by atoms with E-state index in [9.17, 15) is 9.18 Å². The lowest BCUT2D eigenvalue weighted by molar-refractivity contribution is -0.116. The smallest absolute Gasteiger partial charge is 0.244 e. The van der Waals surface area contributed by atoms with Crippen LogP contribution < -0.4 is 5.32 Å². The van der Waals surface area contributed by atoms with Crippen molar-refractivity contribution in [3.05, 3.63) is 90.0 Å². The van der Waals surface area contributed by atoms with Crippen LogP contribution in [-0.4, -0.2) is 15.7 Å². The molecule has 120 valence electrons. The number of halogens is 1. The number of hydrogen-bond donors (Lipinski definition) is 1. The van der Waals surface area contributed by atoms with Crippen molar-refractivity contribution in [2.75, 3.05) is 0 Å². The second-order valence-corrected chi connectivity index (χ2v) is 5.23. The molecule has 24 heavy (non-hydrogen) atoms. The van der Waals surface area contributed by atoms with Crippen LogP contribution >= 0.6 is 0 Å². The number of nitrogens with zero attached hydrogens (tertiary/aromatic N) is 2. The van der Waals surface area contributed by atoms with Gasteiger partial charge in [0.2, 0.25) is 5.91 Å². The van der Waals surface area contributed by atoms with Crippen LogP contribution in [0.15, 0.2) is 73.1 Å². The van der Waals surface area contributed by atoms with Crippen molar-refractivity contribution in [2.24, 2.45) is 0 Å². The summed E-state index contributed by atoms with van der Waals surface area (Å²) in [5, 5.41) is 7.02. The Morgan fingerprint density at radius 1 is 1.12 bits per heavy atom. The van der Waals surface area contributed by atoms with Crippen molar-refractivity contribution in [1.82, 2.24) is 15.1 Å². The summed E-state index contributed by atoms with van der Waals surface area (Å²) in [5.74, 6) is -0.507. The molecule has 0 spiro atoms. The molecular formula is C19H16FN3O. The van der Waals surface area contributed by atoms with Gasteiger partial charge >= 0.3 is 0 Å². The summed E-state index contributed by atoms with van der Waals surface area (Å²) in [7, 11) is 0. The molecule has 4 nitrogen and oxygen atoms in total. The number of amides is 1. The highest BCUT2D eigenvalue weighted by molar-refractivity contribution is 5.91. The summed E-state index contributed by atoms with van der Waals surface area (Å²) in [6.07, 6.45) is 6.69. The molecule has 0 atom stereocenters. The van der Waals surface area contributed by atoms with Gasteiger partial charge in [-0.3, -0.25) is 4.79 Å². The molecular weight excluding hydrogens is 305 g/mol. The molecule has 0 unspecified atom stereocenters. The third-order valence-corrected chi connectivity index (χ3v) is 3.43. The van der Waals surface area contributed by atoms with Crippen LogP contribution in [0.4, 0.5) is 4.39 Å². The SMILES string of the molecule is O=C(/C=C/c1cnn(-c2ccccc2)c1)NCc1ccc(F)cc1. The number of rotatable bonds is 5. The zero-order chi connectivity index (χ0) is 16.8. The molecule has 0 aliphatic carbocycles. The molecule has 3 rings (SSSR count). The number of para-hydroxylation sites is 1. The Bertz CT molecular complexity index is 839. The second kappa shape index (κ2) is 7.37. The van der Waals surface area contributed by atoms with E-state index in [1.54, 1.807) is 29.1 Å². The van der Waals surface area contributed by atoms with Gasteiger partial charge in [-0.15, -0.1) is 0 Å². The third-order valence-electron chi connectivity index (χ3n) is 3.43. The highest BCUT2D eigenvalue weighted by atomic mass is 19.1. The zero-order valence-corrected chi connectivity index (χ0v) is 12.9. The molecule has 5 heteroatoms. The predicted molar refractivity (Wildman–Crippen MR) is 90.8 cm³/mol. The van der Waals surface area contributed by atoms with Gasteiger partial charge in [0.05, 0.1) is 11.9 Å². The second-order valence-electron chi connectivity index (χ2n) is 5.23. The monoisotopic (exact) mass is 321 g/mol. The molecule has 0 fully saturated rings. The first-order valence-corrected chi connectivity index (χ1v) is 7.51. The van der Waals surface area contributed by atoms with Crippen LogP contribution in [0.5, 0.6) is 0 Å². The van der Waals surface area contributed by atoms with E-state index >= 15 is 0 Å². The minimum atomic E-state index is -0.291. The first kappa shape index (κ1) is 15.7. The largest absolute Gasteiger partial charge is 0.348 e. The Kier molecular flexibility index (Phi) is 4.81. The van der Waals surface area contributed by atoms with Crippen molar-refractivity contribution >= 4 is 12.0 Å². The number of benzene rings is 2. The fourth-order valence-corrected chi connectivity index (χ4v) is 2.17. The summed E-state index contributed by atoms with van der Waals surface area (Å²) in [6, 6.07) is 15.8. The standard InChI is InChI=1S/C19H16FN3O/c20-17-9-6-15(7-10-17)12-21-19(24)11-8-16-13-22-23(14-16)18-4-2-1-3-5-18/h1-11,13-14H,12H2,(H,21,24)/b11-8+. The number of hydrogen-bond acceptors (Lipinski definition) is 2. The van der Waals surface area contributed by atoms with E-state index in [0.717, 1.165) is 16.8 Å². The lowest BCUT2D eigenvalue weighted by Crippen LogP contribution is -2.20. The topological polar surface area (TPSA) is 46.9 Å². The number of carbonyl (C=O) groups is 1. The average molecular weight is 321 g/mol. The molecule has 0 bridgehead atoms. The van der Waals surface area contributed by atoms with E-state index in [4.69, 9.17) is 0 Å². The molecule has 1 heterocycles. The normalized spacial score (nSPS) is 10.9. The van der Waals surface area contributed by atoms with Crippen LogP contribution in [0.1, 0.15) is 11.1 Å². The van der Waals surface area contributed by atoms with E-state index in [1.807, 2.05) is 36.5 Å². The quantitative estimate of drug-likeness (QED) is 0.733. The highest BCUT2D eigenvalue weighted by Crippen LogP contribution is 2.08. The lowest BCUT2D eigenvalue weighted by Gasteiger charge is -2.02. The molecule has 1 amide bonds.